The van der Waals surface area contributed by atoms with Crippen LogP contribution in [-0.4, -0.2) is 0 Å². The van der Waals surface area contributed by atoms with Crippen molar-refractivity contribution in [1.82, 2.24) is 0 Å². The van der Waals surface area contributed by atoms with E-state index in [1.807, 2.05) is 20.8 Å². The van der Waals surface area contributed by atoms with Crippen LogP contribution in [0.4, 0.5) is 39.5 Å². The van der Waals surface area contributed by atoms with Gasteiger partial charge in [0.2, 0.25) is 0 Å². The van der Waals surface area contributed by atoms with Crippen LogP contribution in [0.2, 0.25) is 0 Å². The van der Waals surface area contributed by atoms with Gasteiger partial charge in [-0.15, -0.1) is 0 Å². The van der Waals surface area contributed by atoms with Crippen LogP contribution in [0.5, 0.6) is 0 Å². The molecule has 10 heteroatoms. The van der Waals surface area contributed by atoms with Crippen molar-refractivity contribution in [3.8, 4) is 0 Å². The van der Waals surface area contributed by atoms with E-state index in [4.69, 9.17) is 0 Å². The van der Waals surface area contributed by atoms with Crippen LogP contribution >= 0.6 is 0 Å². The lowest BCUT2D eigenvalue weighted by molar-refractivity contribution is -0.143. The molecule has 0 aromatic heterocycles. The number of hydrogen-bond acceptors (Lipinski definition) is 0. The lowest BCUT2D eigenvalue weighted by Gasteiger charge is -2.19. The Labute approximate surface area is 205 Å². The van der Waals surface area contributed by atoms with Gasteiger partial charge in [-0.1, -0.05) is 32.9 Å². The number of benzene rings is 3. The van der Waals surface area contributed by atoms with Gasteiger partial charge in [-0.05, 0) is 53.8 Å². The summed E-state index contributed by atoms with van der Waals surface area (Å²) >= 11 is 0. The van der Waals surface area contributed by atoms with E-state index in [2.05, 4.69) is 0 Å². The van der Waals surface area contributed by atoms with Gasteiger partial charge in [0.05, 0.1) is 27.6 Å². The average molecular weight is 538 g/mol. The van der Waals surface area contributed by atoms with Crippen LogP contribution in [0.25, 0.3) is 0 Å². The summed E-state index contributed by atoms with van der Waals surface area (Å²) in [4.78, 5) is -0.146. The first kappa shape index (κ1) is 28.0. The molecule has 0 aliphatic rings. The van der Waals surface area contributed by atoms with Gasteiger partial charge < -0.3 is 0 Å². The standard InChI is InChI=1S/C26H22F9S/c1-15-9-17(24(27,28)29)12-21(10-15)36(20-7-5-16(6-8-20)23(2,3)4)22-13-18(25(30,31)32)11-19(14-22)26(33,34)35/h5-14H,1-4H3/q+1. The minimum absolute atomic E-state index is 0.00509. The van der Waals surface area contributed by atoms with Gasteiger partial charge in [0.1, 0.15) is 0 Å². The first-order valence-corrected chi connectivity index (χ1v) is 11.8. The number of rotatable bonds is 3. The van der Waals surface area contributed by atoms with Crippen LogP contribution in [0.15, 0.2) is 75.4 Å². The molecule has 0 saturated carbocycles. The highest BCUT2D eigenvalue weighted by Gasteiger charge is 2.41. The molecule has 0 amide bonds. The van der Waals surface area contributed by atoms with Crippen LogP contribution in [0.1, 0.15) is 48.6 Å². The third kappa shape index (κ3) is 6.38. The van der Waals surface area contributed by atoms with Crippen molar-refractivity contribution in [3.63, 3.8) is 0 Å². The minimum atomic E-state index is -5.09. The van der Waals surface area contributed by atoms with E-state index in [0.717, 1.165) is 17.7 Å². The summed E-state index contributed by atoms with van der Waals surface area (Å²) in [6.07, 6.45) is -14.9. The van der Waals surface area contributed by atoms with Crippen LogP contribution < -0.4 is 0 Å². The Balaban J connectivity index is 2.35. The Morgan fingerprint density at radius 1 is 0.472 bits per heavy atom. The molecule has 0 radical (unpaired) electrons. The van der Waals surface area contributed by atoms with E-state index in [1.54, 1.807) is 12.1 Å². The van der Waals surface area contributed by atoms with E-state index in [-0.39, 0.29) is 31.7 Å². The molecule has 0 heterocycles. The number of halogens is 9. The normalized spacial score (nSPS) is 14.1. The van der Waals surface area contributed by atoms with Gasteiger partial charge in [-0.3, -0.25) is 0 Å². The molecule has 1 atom stereocenters. The fourth-order valence-corrected chi connectivity index (χ4v) is 5.84. The van der Waals surface area contributed by atoms with Crippen molar-refractivity contribution in [2.75, 3.05) is 0 Å². The van der Waals surface area contributed by atoms with Crippen molar-refractivity contribution in [3.05, 3.63) is 88.5 Å². The molecule has 36 heavy (non-hydrogen) atoms. The quantitative estimate of drug-likeness (QED) is 0.231. The summed E-state index contributed by atoms with van der Waals surface area (Å²) in [5.41, 5.74) is -3.38. The third-order valence-electron chi connectivity index (χ3n) is 5.37. The predicted octanol–water partition coefficient (Wildman–Crippen LogP) is 9.44. The summed E-state index contributed by atoms with van der Waals surface area (Å²) in [5.74, 6) is 0. The molecule has 0 N–H and O–H groups in total. The molecular weight excluding hydrogens is 515 g/mol. The Kier molecular flexibility index (Phi) is 7.27. The summed E-state index contributed by atoms with van der Waals surface area (Å²) in [6, 6.07) is 10.6. The molecule has 0 aliphatic heterocycles. The second kappa shape index (κ2) is 9.36. The maximum absolute atomic E-state index is 13.6. The first-order valence-electron chi connectivity index (χ1n) is 10.6. The minimum Gasteiger partial charge on any atom is -0.166 e. The molecule has 0 bridgehead atoms. The fraction of sp³-hybridized carbons (Fsp3) is 0.308. The van der Waals surface area contributed by atoms with Crippen molar-refractivity contribution in [2.45, 2.75) is 66.3 Å². The number of aryl methyl sites for hydroxylation is 1. The third-order valence-corrected chi connectivity index (χ3v) is 7.52. The van der Waals surface area contributed by atoms with Crippen molar-refractivity contribution in [1.29, 1.82) is 0 Å². The Morgan fingerprint density at radius 3 is 1.25 bits per heavy atom. The summed E-state index contributed by atoms with van der Waals surface area (Å²) < 4.78 is 122. The number of alkyl halides is 9. The first-order chi connectivity index (χ1) is 16.3. The number of hydrogen-bond donors (Lipinski definition) is 0. The molecule has 194 valence electrons. The zero-order chi connectivity index (χ0) is 27.3. The molecule has 3 aromatic carbocycles. The van der Waals surface area contributed by atoms with Crippen LogP contribution in [0, 0.1) is 6.92 Å². The van der Waals surface area contributed by atoms with Gasteiger partial charge in [0.25, 0.3) is 0 Å². The van der Waals surface area contributed by atoms with Crippen molar-refractivity contribution >= 4 is 10.9 Å². The van der Waals surface area contributed by atoms with E-state index in [9.17, 15) is 39.5 Å². The van der Waals surface area contributed by atoms with Crippen LogP contribution in [0.3, 0.4) is 0 Å². The second-order valence-electron chi connectivity index (χ2n) is 9.35. The zero-order valence-electron chi connectivity index (χ0n) is 19.6. The van der Waals surface area contributed by atoms with Gasteiger partial charge >= 0.3 is 18.5 Å². The van der Waals surface area contributed by atoms with Gasteiger partial charge in [-0.25, -0.2) is 0 Å². The molecule has 1 unspecified atom stereocenters. The summed E-state index contributed by atoms with van der Waals surface area (Å²) in [5, 5.41) is 0. The molecular formula is C26H22F9S+. The molecule has 0 nitrogen and oxygen atoms in total. The van der Waals surface area contributed by atoms with E-state index >= 15 is 0 Å². The lowest BCUT2D eigenvalue weighted by atomic mass is 9.87. The highest BCUT2D eigenvalue weighted by Crippen LogP contribution is 2.42. The van der Waals surface area contributed by atoms with E-state index in [0.29, 0.717) is 12.1 Å². The molecule has 0 aliphatic carbocycles. The maximum Gasteiger partial charge on any atom is 0.416 e. The SMILES string of the molecule is Cc1cc([S+](c2ccc(C(C)(C)C)cc2)c2cc(C(F)(F)F)cc(C(F)(F)F)c2)cc(C(F)(F)F)c1. The Bertz CT molecular complexity index is 1200. The van der Waals surface area contributed by atoms with Gasteiger partial charge in [0, 0.05) is 18.2 Å². The van der Waals surface area contributed by atoms with Gasteiger partial charge in [-0.2, -0.15) is 39.5 Å². The van der Waals surface area contributed by atoms with Crippen molar-refractivity contribution < 1.29 is 39.5 Å². The van der Waals surface area contributed by atoms with Crippen LogP contribution in [-0.2, 0) is 34.8 Å². The smallest absolute Gasteiger partial charge is 0.166 e. The maximum atomic E-state index is 13.6. The largest absolute Gasteiger partial charge is 0.416 e. The topological polar surface area (TPSA) is 0 Å². The monoisotopic (exact) mass is 537 g/mol. The Morgan fingerprint density at radius 2 is 0.861 bits per heavy atom. The lowest BCUT2D eigenvalue weighted by Crippen LogP contribution is -2.15. The zero-order valence-corrected chi connectivity index (χ0v) is 20.4. The Hall–Kier alpha value is -2.62. The van der Waals surface area contributed by atoms with E-state index < -0.39 is 46.1 Å². The molecule has 0 spiro atoms. The van der Waals surface area contributed by atoms with Gasteiger partial charge in [0.15, 0.2) is 14.7 Å². The van der Waals surface area contributed by atoms with Crippen molar-refractivity contribution in [2.24, 2.45) is 0 Å². The predicted molar refractivity (Wildman–Crippen MR) is 120 cm³/mol. The highest BCUT2D eigenvalue weighted by molar-refractivity contribution is 7.97. The summed E-state index contributed by atoms with van der Waals surface area (Å²) in [7, 11) is -1.70. The summed E-state index contributed by atoms with van der Waals surface area (Å²) in [6.45, 7) is 7.14. The molecule has 3 rings (SSSR count). The molecule has 3 aromatic rings. The second-order valence-corrected chi connectivity index (χ2v) is 11.4. The highest BCUT2D eigenvalue weighted by atomic mass is 32.2. The molecule has 0 fully saturated rings. The fourth-order valence-electron chi connectivity index (χ4n) is 3.57. The average Bonchev–Trinajstić information content (AvgIpc) is 2.71. The molecule has 0 saturated heterocycles. The van der Waals surface area contributed by atoms with E-state index in [1.165, 1.54) is 25.1 Å².